The first kappa shape index (κ1) is 10.9. The van der Waals surface area contributed by atoms with Crippen molar-refractivity contribution in [1.29, 1.82) is 0 Å². The molecule has 1 rings (SSSR count). The number of rotatable bonds is 5. The van der Waals surface area contributed by atoms with Crippen LogP contribution in [0.25, 0.3) is 0 Å². The van der Waals surface area contributed by atoms with Gasteiger partial charge in [-0.15, -0.1) is 0 Å². The molecule has 0 bridgehead atoms. The molecule has 0 spiro atoms. The molecule has 13 heavy (non-hydrogen) atoms. The maximum Gasteiger partial charge on any atom is 0.193 e. The van der Waals surface area contributed by atoms with Gasteiger partial charge in [0.2, 0.25) is 0 Å². The van der Waals surface area contributed by atoms with Gasteiger partial charge in [-0.05, 0) is 24.1 Å². The van der Waals surface area contributed by atoms with Crippen molar-refractivity contribution in [1.82, 2.24) is 4.84 Å². The van der Waals surface area contributed by atoms with Gasteiger partial charge in [0, 0.05) is 0 Å². The number of nitrogens with one attached hydrogen (secondary N) is 1. The van der Waals surface area contributed by atoms with E-state index in [0.29, 0.717) is 12.3 Å². The number of nitrogens with two attached hydrogens (primary N) is 1. The first-order chi connectivity index (χ1) is 6.15. The topological polar surface area (TPSA) is 75.3 Å². The summed E-state index contributed by atoms with van der Waals surface area (Å²) in [6.07, 6.45) is 2.76. The summed E-state index contributed by atoms with van der Waals surface area (Å²) in [5.74, 6) is 0.126. The molecule has 0 heterocycles. The molecule has 0 aromatic heterocycles. The van der Waals surface area contributed by atoms with Crippen LogP contribution in [0.4, 0.5) is 0 Å². The average molecular weight is 207 g/mol. The number of carbonyl (C=O) groups is 1. The molecule has 0 aromatic carbocycles. The number of Topliss-reactive ketones (excluding diaryl/α,β-unsaturated/α-hetero) is 1. The molecule has 1 aliphatic rings. The van der Waals surface area contributed by atoms with Crippen LogP contribution in [0.15, 0.2) is 0 Å². The van der Waals surface area contributed by atoms with Crippen LogP contribution in [0.2, 0.25) is 0 Å². The summed E-state index contributed by atoms with van der Waals surface area (Å²) in [4.78, 5) is 13.6. The number of aliphatic hydroxyl groups excluding tert-OH is 1. The van der Waals surface area contributed by atoms with Crippen LogP contribution >= 0.6 is 11.8 Å². The minimum absolute atomic E-state index is 0.429. The third kappa shape index (κ3) is 2.91. The molecular formula is C8H15ClN2O2. The highest BCUT2D eigenvalue weighted by Crippen LogP contribution is 2.30. The highest BCUT2D eigenvalue weighted by atomic mass is 35.5. The summed E-state index contributed by atoms with van der Waals surface area (Å²) in [5.41, 5.74) is 5.05. The number of aliphatic hydroxyl groups is 1. The van der Waals surface area contributed by atoms with E-state index in [0.717, 1.165) is 12.8 Å². The molecule has 76 valence electrons. The van der Waals surface area contributed by atoms with Crippen molar-refractivity contribution < 1.29 is 9.90 Å². The molecule has 0 amide bonds. The van der Waals surface area contributed by atoms with E-state index in [2.05, 4.69) is 4.84 Å². The fourth-order valence-electron chi connectivity index (χ4n) is 1.48. The molecule has 1 fully saturated rings. The highest BCUT2D eigenvalue weighted by Gasteiger charge is 2.28. The third-order valence-corrected chi connectivity index (χ3v) is 2.82. The molecule has 5 heteroatoms. The smallest absolute Gasteiger partial charge is 0.193 e. The zero-order valence-electron chi connectivity index (χ0n) is 7.37. The van der Waals surface area contributed by atoms with E-state index >= 15 is 0 Å². The lowest BCUT2D eigenvalue weighted by molar-refractivity contribution is -0.129. The van der Waals surface area contributed by atoms with Crippen LogP contribution < -0.4 is 10.6 Å². The van der Waals surface area contributed by atoms with Crippen LogP contribution in [0.1, 0.15) is 25.7 Å². The summed E-state index contributed by atoms with van der Waals surface area (Å²) < 4.78 is 0. The van der Waals surface area contributed by atoms with Gasteiger partial charge >= 0.3 is 0 Å². The van der Waals surface area contributed by atoms with Crippen LogP contribution in [0.3, 0.4) is 0 Å². The van der Waals surface area contributed by atoms with Crippen molar-refractivity contribution >= 4 is 17.6 Å². The minimum atomic E-state index is -1.42. The molecule has 1 saturated carbocycles. The summed E-state index contributed by atoms with van der Waals surface area (Å²) in [5, 5.41) is 8.86. The molecule has 0 saturated heterocycles. The molecule has 0 radical (unpaired) electrons. The van der Waals surface area contributed by atoms with E-state index in [4.69, 9.17) is 22.6 Å². The Kier molecular flexibility index (Phi) is 4.12. The second-order valence-corrected chi connectivity index (χ2v) is 3.76. The second kappa shape index (κ2) is 4.91. The van der Waals surface area contributed by atoms with Crippen LogP contribution in [-0.4, -0.2) is 23.2 Å². The van der Waals surface area contributed by atoms with Gasteiger partial charge in [0.1, 0.15) is 0 Å². The standard InChI is InChI=1S/C8H15ClN2O2/c9-11-6(7(12)8(10)13)4-5-2-1-3-5/h5-6,8,11,13H,1-4,10H2. The summed E-state index contributed by atoms with van der Waals surface area (Å²) >= 11 is 5.39. The van der Waals surface area contributed by atoms with Crippen LogP contribution in [0.5, 0.6) is 0 Å². The van der Waals surface area contributed by atoms with E-state index < -0.39 is 18.1 Å². The van der Waals surface area contributed by atoms with Crippen molar-refractivity contribution in [3.05, 3.63) is 0 Å². The Hall–Kier alpha value is -0.160. The van der Waals surface area contributed by atoms with Crippen molar-refractivity contribution in [2.24, 2.45) is 11.7 Å². The van der Waals surface area contributed by atoms with Gasteiger partial charge < -0.3 is 5.11 Å². The Bertz CT molecular complexity index is 183. The molecule has 1 aliphatic carbocycles. The molecule has 2 unspecified atom stereocenters. The zero-order chi connectivity index (χ0) is 9.84. The lowest BCUT2D eigenvalue weighted by Gasteiger charge is -2.28. The molecule has 2 atom stereocenters. The quantitative estimate of drug-likeness (QED) is 0.442. The molecule has 4 N–H and O–H groups in total. The zero-order valence-corrected chi connectivity index (χ0v) is 8.13. The summed E-state index contributed by atoms with van der Waals surface area (Å²) in [6, 6.07) is -0.507. The van der Waals surface area contributed by atoms with Gasteiger partial charge in [0.15, 0.2) is 12.0 Å². The SMILES string of the molecule is NC(O)C(=O)C(CC1CCC1)NCl. The Balaban J connectivity index is 2.36. The highest BCUT2D eigenvalue weighted by molar-refractivity contribution is 6.15. The number of carbonyl (C=O) groups excluding carboxylic acids is 1. The van der Waals surface area contributed by atoms with Gasteiger partial charge in [-0.1, -0.05) is 19.3 Å². The van der Waals surface area contributed by atoms with E-state index in [1.54, 1.807) is 0 Å². The van der Waals surface area contributed by atoms with Crippen LogP contribution in [-0.2, 0) is 4.79 Å². The fraction of sp³-hybridized carbons (Fsp3) is 0.875. The Labute approximate surface area is 82.5 Å². The first-order valence-corrected chi connectivity index (χ1v) is 4.86. The van der Waals surface area contributed by atoms with Gasteiger partial charge in [0.25, 0.3) is 0 Å². The van der Waals surface area contributed by atoms with E-state index in [1.807, 2.05) is 0 Å². The average Bonchev–Trinajstić information content (AvgIpc) is 2.02. The number of halogens is 1. The van der Waals surface area contributed by atoms with Crippen molar-refractivity contribution in [3.63, 3.8) is 0 Å². The van der Waals surface area contributed by atoms with Gasteiger partial charge in [-0.25, -0.2) is 4.84 Å². The molecule has 4 nitrogen and oxygen atoms in total. The van der Waals surface area contributed by atoms with Gasteiger partial charge in [-0.2, -0.15) is 0 Å². The van der Waals surface area contributed by atoms with Crippen LogP contribution in [0, 0.1) is 5.92 Å². The van der Waals surface area contributed by atoms with Gasteiger partial charge in [-0.3, -0.25) is 10.5 Å². The van der Waals surface area contributed by atoms with E-state index in [-0.39, 0.29) is 0 Å². The molecular weight excluding hydrogens is 192 g/mol. The van der Waals surface area contributed by atoms with E-state index in [9.17, 15) is 4.79 Å². The Morgan fingerprint density at radius 3 is 2.62 bits per heavy atom. The van der Waals surface area contributed by atoms with Crippen molar-refractivity contribution in [3.8, 4) is 0 Å². The number of hydrogen-bond acceptors (Lipinski definition) is 4. The number of ketones is 1. The Morgan fingerprint density at radius 1 is 1.69 bits per heavy atom. The molecule has 0 aromatic rings. The predicted octanol–water partition coefficient (Wildman–Crippen LogP) is 0.135. The third-order valence-electron chi connectivity index (χ3n) is 2.56. The normalized spacial score (nSPS) is 22.1. The summed E-state index contributed by atoms with van der Waals surface area (Å²) in [6.45, 7) is 0. The van der Waals surface area contributed by atoms with Gasteiger partial charge in [0.05, 0.1) is 6.04 Å². The predicted molar refractivity (Wildman–Crippen MR) is 49.9 cm³/mol. The minimum Gasteiger partial charge on any atom is -0.371 e. The fourth-order valence-corrected chi connectivity index (χ4v) is 1.68. The number of hydrogen-bond donors (Lipinski definition) is 3. The lowest BCUT2D eigenvalue weighted by Crippen LogP contribution is -2.44. The molecule has 0 aliphatic heterocycles. The lowest BCUT2D eigenvalue weighted by atomic mass is 9.80. The Morgan fingerprint density at radius 2 is 2.31 bits per heavy atom. The maximum absolute atomic E-state index is 11.2. The second-order valence-electron chi connectivity index (χ2n) is 3.54. The monoisotopic (exact) mass is 206 g/mol. The van der Waals surface area contributed by atoms with E-state index in [1.165, 1.54) is 6.42 Å². The van der Waals surface area contributed by atoms with Crippen molar-refractivity contribution in [2.45, 2.75) is 38.0 Å². The maximum atomic E-state index is 11.2. The van der Waals surface area contributed by atoms with Crippen molar-refractivity contribution in [2.75, 3.05) is 0 Å². The summed E-state index contributed by atoms with van der Waals surface area (Å²) in [7, 11) is 0. The first-order valence-electron chi connectivity index (χ1n) is 4.48. The largest absolute Gasteiger partial charge is 0.371 e.